The monoisotopic (exact) mass is 557 g/mol. The molecule has 41 heavy (non-hydrogen) atoms. The highest BCUT2D eigenvalue weighted by Gasteiger charge is 2.19. The largest absolute Gasteiger partial charge is 0.493 e. The second-order valence-electron chi connectivity index (χ2n) is 9.91. The van der Waals surface area contributed by atoms with E-state index in [1.165, 1.54) is 51.8 Å². The Bertz CT molecular complexity index is 1600. The number of hydrogen-bond donors (Lipinski definition) is 3. The van der Waals surface area contributed by atoms with E-state index in [1.807, 2.05) is 12.1 Å². The number of primary amides is 1. The van der Waals surface area contributed by atoms with Crippen molar-refractivity contribution in [2.24, 2.45) is 11.7 Å². The van der Waals surface area contributed by atoms with Crippen LogP contribution in [0.1, 0.15) is 52.8 Å². The quantitative estimate of drug-likeness (QED) is 0.236. The van der Waals surface area contributed by atoms with Crippen molar-refractivity contribution < 1.29 is 28.9 Å². The topological polar surface area (TPSA) is 159 Å². The summed E-state index contributed by atoms with van der Waals surface area (Å²) < 4.78 is 16.6. The maximum absolute atomic E-state index is 12.4. The van der Waals surface area contributed by atoms with Crippen molar-refractivity contribution >= 4 is 34.2 Å². The van der Waals surface area contributed by atoms with Crippen molar-refractivity contribution in [1.82, 2.24) is 15.0 Å². The standard InChI is InChI=1S/C30H31N5O6/c1-39-28-23(14-33-30(35-28)40-2)18-8-9-22-25(12-18)32-15-24(27(31)36)26(22)34-20-10-19(29(37)38)11-21(13-20)41-16-17-6-4-3-5-7-17/h8-15,17H,3-7,16H2,1-2H3,(H2,31,36)(H,32,34)(H,37,38). The van der Waals surface area contributed by atoms with E-state index in [0.717, 1.165) is 18.4 Å². The van der Waals surface area contributed by atoms with Gasteiger partial charge in [-0.25, -0.2) is 9.78 Å². The second-order valence-corrected chi connectivity index (χ2v) is 9.91. The van der Waals surface area contributed by atoms with Crippen molar-refractivity contribution in [3.05, 3.63) is 59.9 Å². The molecular weight excluding hydrogens is 526 g/mol. The van der Waals surface area contributed by atoms with E-state index >= 15 is 0 Å². The maximum Gasteiger partial charge on any atom is 0.335 e. The molecule has 0 atom stereocenters. The number of fused-ring (bicyclic) bond motifs is 1. The number of amides is 1. The molecule has 1 aliphatic carbocycles. The number of ether oxygens (including phenoxy) is 3. The molecule has 0 spiro atoms. The zero-order chi connectivity index (χ0) is 28.9. The lowest BCUT2D eigenvalue weighted by atomic mass is 9.90. The van der Waals surface area contributed by atoms with Crippen molar-refractivity contribution in [2.75, 3.05) is 26.1 Å². The molecule has 11 heteroatoms. The first kappa shape index (κ1) is 27.6. The van der Waals surface area contributed by atoms with Crippen LogP contribution in [0.15, 0.2) is 48.8 Å². The van der Waals surface area contributed by atoms with Gasteiger partial charge >= 0.3 is 12.0 Å². The molecule has 1 amide bonds. The highest BCUT2D eigenvalue weighted by molar-refractivity contribution is 6.08. The first-order chi connectivity index (χ1) is 19.9. The van der Waals surface area contributed by atoms with Gasteiger partial charge in [0, 0.05) is 29.5 Å². The van der Waals surface area contributed by atoms with Crippen LogP contribution in [0.3, 0.4) is 0 Å². The number of nitrogens with two attached hydrogens (primary N) is 1. The number of pyridine rings is 1. The summed E-state index contributed by atoms with van der Waals surface area (Å²) in [7, 11) is 2.97. The first-order valence-corrected chi connectivity index (χ1v) is 13.3. The van der Waals surface area contributed by atoms with Gasteiger partial charge in [-0.15, -0.1) is 0 Å². The molecule has 11 nitrogen and oxygen atoms in total. The van der Waals surface area contributed by atoms with Crippen LogP contribution in [0.5, 0.6) is 17.6 Å². The van der Waals surface area contributed by atoms with Gasteiger partial charge in [0.2, 0.25) is 5.88 Å². The van der Waals surface area contributed by atoms with Gasteiger partial charge < -0.3 is 30.4 Å². The molecule has 212 valence electrons. The van der Waals surface area contributed by atoms with Gasteiger partial charge in [-0.1, -0.05) is 31.4 Å². The number of rotatable bonds is 10. The minimum atomic E-state index is -1.09. The third-order valence-corrected chi connectivity index (χ3v) is 7.19. The van der Waals surface area contributed by atoms with Gasteiger partial charge in [-0.3, -0.25) is 9.78 Å². The number of aromatic carboxylic acids is 1. The van der Waals surface area contributed by atoms with Crippen molar-refractivity contribution in [3.8, 4) is 28.8 Å². The average molecular weight is 558 g/mol. The Hall–Kier alpha value is -4.93. The number of anilines is 2. The van der Waals surface area contributed by atoms with E-state index in [4.69, 9.17) is 19.9 Å². The van der Waals surface area contributed by atoms with Crippen LogP contribution >= 0.6 is 0 Å². The fraction of sp³-hybridized carbons (Fsp3) is 0.300. The molecule has 4 aromatic rings. The lowest BCUT2D eigenvalue weighted by Crippen LogP contribution is -2.16. The molecule has 4 N–H and O–H groups in total. The molecule has 1 fully saturated rings. The molecule has 1 aliphatic rings. The second kappa shape index (κ2) is 12.1. The zero-order valence-corrected chi connectivity index (χ0v) is 22.8. The van der Waals surface area contributed by atoms with Gasteiger partial charge in [0.05, 0.1) is 48.7 Å². The number of carboxylic acids is 1. The number of nitrogens with one attached hydrogen (secondary N) is 1. The lowest BCUT2D eigenvalue weighted by Gasteiger charge is -2.22. The predicted octanol–water partition coefficient (Wildman–Crippen LogP) is 5.21. The van der Waals surface area contributed by atoms with E-state index in [0.29, 0.717) is 52.0 Å². The van der Waals surface area contributed by atoms with Crippen LogP contribution in [0, 0.1) is 5.92 Å². The molecule has 0 radical (unpaired) electrons. The summed E-state index contributed by atoms with van der Waals surface area (Å²) in [5.74, 6) is -0.561. The number of aromatic nitrogens is 3. The Labute approximate surface area is 236 Å². The SMILES string of the molecule is COc1ncc(-c2ccc3c(Nc4cc(OCC5CCCCC5)cc(C(=O)O)c4)c(C(N)=O)cnc3c2)c(OC)n1. The summed E-state index contributed by atoms with van der Waals surface area (Å²) >= 11 is 0. The van der Waals surface area contributed by atoms with Crippen LogP contribution in [0.2, 0.25) is 0 Å². The summed E-state index contributed by atoms with van der Waals surface area (Å²) in [6.45, 7) is 0.522. The Morgan fingerprint density at radius 3 is 2.54 bits per heavy atom. The van der Waals surface area contributed by atoms with Crippen LogP contribution in [0.4, 0.5) is 11.4 Å². The summed E-state index contributed by atoms with van der Waals surface area (Å²) in [5, 5.41) is 13.6. The minimum absolute atomic E-state index is 0.0570. The number of hydrogen-bond acceptors (Lipinski definition) is 9. The molecule has 5 rings (SSSR count). The number of methoxy groups -OCH3 is 2. The van der Waals surface area contributed by atoms with E-state index in [1.54, 1.807) is 18.3 Å². The van der Waals surface area contributed by atoms with Crippen LogP contribution < -0.4 is 25.3 Å². The summed E-state index contributed by atoms with van der Waals surface area (Å²) in [4.78, 5) is 37.2. The average Bonchev–Trinajstić information content (AvgIpc) is 2.99. The molecule has 1 saturated carbocycles. The van der Waals surface area contributed by atoms with Gasteiger partial charge in [0.15, 0.2) is 0 Å². The normalized spacial score (nSPS) is 13.5. The van der Waals surface area contributed by atoms with Gasteiger partial charge in [0.25, 0.3) is 5.91 Å². The Morgan fingerprint density at radius 1 is 1.02 bits per heavy atom. The molecule has 2 aromatic carbocycles. The summed E-state index contributed by atoms with van der Waals surface area (Å²) in [6.07, 6.45) is 8.79. The van der Waals surface area contributed by atoms with Gasteiger partial charge in [-0.05, 0) is 42.5 Å². The van der Waals surface area contributed by atoms with E-state index in [9.17, 15) is 14.7 Å². The summed E-state index contributed by atoms with van der Waals surface area (Å²) in [5.41, 5.74) is 8.65. The van der Waals surface area contributed by atoms with Crippen LogP contribution in [-0.4, -0.2) is 52.8 Å². The number of benzene rings is 2. The van der Waals surface area contributed by atoms with Crippen molar-refractivity contribution in [1.29, 1.82) is 0 Å². The highest BCUT2D eigenvalue weighted by Crippen LogP contribution is 2.36. The third kappa shape index (κ3) is 6.13. The van der Waals surface area contributed by atoms with E-state index < -0.39 is 11.9 Å². The van der Waals surface area contributed by atoms with E-state index in [-0.39, 0.29) is 17.1 Å². The minimum Gasteiger partial charge on any atom is -0.493 e. The van der Waals surface area contributed by atoms with Crippen LogP contribution in [-0.2, 0) is 0 Å². The number of nitrogens with zero attached hydrogens (tertiary/aromatic N) is 3. The molecule has 0 saturated heterocycles. The Balaban J connectivity index is 1.52. The van der Waals surface area contributed by atoms with Crippen molar-refractivity contribution in [3.63, 3.8) is 0 Å². The van der Waals surface area contributed by atoms with Gasteiger partial charge in [0.1, 0.15) is 5.75 Å². The maximum atomic E-state index is 12.4. The van der Waals surface area contributed by atoms with E-state index in [2.05, 4.69) is 20.3 Å². The number of carboxylic acid groups (broad SMARTS) is 1. The van der Waals surface area contributed by atoms with Gasteiger partial charge in [-0.2, -0.15) is 4.98 Å². The summed E-state index contributed by atoms with van der Waals surface area (Å²) in [6, 6.07) is 10.3. The molecule has 2 heterocycles. The molecule has 0 aliphatic heterocycles. The fourth-order valence-electron chi connectivity index (χ4n) is 5.08. The number of carbonyl (C=O) groups is 2. The zero-order valence-electron chi connectivity index (χ0n) is 22.8. The molecule has 0 bridgehead atoms. The molecular formula is C30H31N5O6. The van der Waals surface area contributed by atoms with Crippen LogP contribution in [0.25, 0.3) is 22.0 Å². The molecule has 0 unspecified atom stereocenters. The lowest BCUT2D eigenvalue weighted by molar-refractivity contribution is 0.0696. The fourth-order valence-corrected chi connectivity index (χ4v) is 5.08. The Kier molecular flexibility index (Phi) is 8.14. The van der Waals surface area contributed by atoms with Crippen molar-refractivity contribution in [2.45, 2.75) is 32.1 Å². The smallest absolute Gasteiger partial charge is 0.335 e. The Morgan fingerprint density at radius 2 is 1.83 bits per heavy atom. The first-order valence-electron chi connectivity index (χ1n) is 13.3. The highest BCUT2D eigenvalue weighted by atomic mass is 16.5. The molecule has 2 aromatic heterocycles. The predicted molar refractivity (Wildman–Crippen MR) is 153 cm³/mol. The number of carbonyl (C=O) groups excluding carboxylic acids is 1. The third-order valence-electron chi connectivity index (χ3n) is 7.19.